The summed E-state index contributed by atoms with van der Waals surface area (Å²) in [6.07, 6.45) is 0. The second-order valence-corrected chi connectivity index (χ2v) is 3.93. The Kier molecular flexibility index (Phi) is 6.84. The Morgan fingerprint density at radius 2 is 2.21 bits per heavy atom. The van der Waals surface area contributed by atoms with Gasteiger partial charge in [-0.15, -0.1) is 0 Å². The summed E-state index contributed by atoms with van der Waals surface area (Å²) in [5.41, 5.74) is 1.17. The maximum Gasteiger partial charge on any atom is 0.191 e. The predicted molar refractivity (Wildman–Crippen MR) is 72.4 cm³/mol. The van der Waals surface area contributed by atoms with Gasteiger partial charge in [-0.3, -0.25) is 4.99 Å². The van der Waals surface area contributed by atoms with Crippen LogP contribution >= 0.6 is 0 Å². The van der Waals surface area contributed by atoms with E-state index in [-0.39, 0.29) is 6.61 Å². The molecule has 0 heterocycles. The van der Waals surface area contributed by atoms with Crippen molar-refractivity contribution in [3.05, 3.63) is 35.1 Å². The Hall–Kier alpha value is -1.66. The van der Waals surface area contributed by atoms with Gasteiger partial charge in [0.2, 0.25) is 0 Å². The fourth-order valence-corrected chi connectivity index (χ4v) is 1.54. The van der Waals surface area contributed by atoms with Gasteiger partial charge >= 0.3 is 0 Å². The van der Waals surface area contributed by atoms with Crippen LogP contribution in [0.3, 0.4) is 0 Å². The maximum atomic E-state index is 13.2. The van der Waals surface area contributed by atoms with Crippen molar-refractivity contribution in [3.8, 4) is 0 Å². The third kappa shape index (κ3) is 5.23. The van der Waals surface area contributed by atoms with Crippen molar-refractivity contribution in [1.82, 2.24) is 10.6 Å². The SMILES string of the molecule is CN=C(NCCOC)NCc1ccc(F)c(CO)c1. The normalized spacial score (nSPS) is 11.5. The topological polar surface area (TPSA) is 65.9 Å². The summed E-state index contributed by atoms with van der Waals surface area (Å²) in [6, 6.07) is 4.65. The molecule has 6 heteroatoms. The summed E-state index contributed by atoms with van der Waals surface area (Å²) in [6.45, 7) is 1.44. The number of rotatable bonds is 6. The lowest BCUT2D eigenvalue weighted by molar-refractivity contribution is 0.203. The summed E-state index contributed by atoms with van der Waals surface area (Å²) in [5.74, 6) is 0.251. The Labute approximate surface area is 112 Å². The van der Waals surface area contributed by atoms with E-state index in [2.05, 4.69) is 15.6 Å². The predicted octanol–water partition coefficient (Wildman–Crippen LogP) is 0.629. The standard InChI is InChI=1S/C13H20FN3O2/c1-15-13(16-5-6-19-2)17-8-10-3-4-12(14)11(7-10)9-18/h3-4,7,18H,5-6,8-9H2,1-2H3,(H2,15,16,17). The van der Waals surface area contributed by atoms with E-state index in [1.165, 1.54) is 6.07 Å². The molecule has 5 nitrogen and oxygen atoms in total. The quantitative estimate of drug-likeness (QED) is 0.402. The van der Waals surface area contributed by atoms with Crippen LogP contribution in [0.5, 0.6) is 0 Å². The minimum Gasteiger partial charge on any atom is -0.392 e. The molecule has 0 radical (unpaired) electrons. The minimum atomic E-state index is -0.395. The molecule has 1 aromatic carbocycles. The van der Waals surface area contributed by atoms with Gasteiger partial charge in [-0.25, -0.2) is 4.39 Å². The molecule has 1 aromatic rings. The highest BCUT2D eigenvalue weighted by Crippen LogP contribution is 2.10. The molecule has 0 bridgehead atoms. The van der Waals surface area contributed by atoms with Crippen molar-refractivity contribution in [2.24, 2.45) is 4.99 Å². The van der Waals surface area contributed by atoms with Gasteiger partial charge in [-0.1, -0.05) is 6.07 Å². The molecule has 0 aliphatic carbocycles. The van der Waals surface area contributed by atoms with Crippen molar-refractivity contribution >= 4 is 5.96 Å². The number of ether oxygens (including phenoxy) is 1. The Morgan fingerprint density at radius 1 is 1.42 bits per heavy atom. The highest BCUT2D eigenvalue weighted by Gasteiger charge is 2.03. The average molecular weight is 269 g/mol. The van der Waals surface area contributed by atoms with Crippen LogP contribution in [0.4, 0.5) is 4.39 Å². The Balaban J connectivity index is 2.50. The van der Waals surface area contributed by atoms with E-state index < -0.39 is 5.82 Å². The first kappa shape index (κ1) is 15.4. The molecular weight excluding hydrogens is 249 g/mol. The molecule has 1 rings (SSSR count). The molecular formula is C13H20FN3O2. The molecule has 0 fully saturated rings. The number of guanidine groups is 1. The van der Waals surface area contributed by atoms with Gasteiger partial charge in [0.1, 0.15) is 5.82 Å². The smallest absolute Gasteiger partial charge is 0.191 e. The lowest BCUT2D eigenvalue weighted by atomic mass is 10.1. The van der Waals surface area contributed by atoms with E-state index in [0.29, 0.717) is 31.2 Å². The van der Waals surface area contributed by atoms with Gasteiger partial charge in [0, 0.05) is 32.8 Å². The van der Waals surface area contributed by atoms with Crippen molar-refractivity contribution in [2.75, 3.05) is 27.3 Å². The van der Waals surface area contributed by atoms with Crippen LogP contribution in [-0.4, -0.2) is 38.4 Å². The first-order valence-corrected chi connectivity index (χ1v) is 6.03. The highest BCUT2D eigenvalue weighted by atomic mass is 19.1. The number of halogens is 1. The Morgan fingerprint density at radius 3 is 2.84 bits per heavy atom. The zero-order chi connectivity index (χ0) is 14.1. The van der Waals surface area contributed by atoms with Gasteiger partial charge in [0.15, 0.2) is 5.96 Å². The lowest BCUT2D eigenvalue weighted by Gasteiger charge is -2.12. The number of hydrogen-bond donors (Lipinski definition) is 3. The van der Waals surface area contributed by atoms with E-state index in [0.717, 1.165) is 5.56 Å². The van der Waals surface area contributed by atoms with Gasteiger partial charge in [-0.2, -0.15) is 0 Å². The fourth-order valence-electron chi connectivity index (χ4n) is 1.54. The highest BCUT2D eigenvalue weighted by molar-refractivity contribution is 5.79. The molecule has 0 amide bonds. The third-order valence-corrected chi connectivity index (χ3v) is 2.56. The van der Waals surface area contributed by atoms with E-state index >= 15 is 0 Å². The van der Waals surface area contributed by atoms with Crippen LogP contribution in [0.25, 0.3) is 0 Å². The van der Waals surface area contributed by atoms with Crippen molar-refractivity contribution in [3.63, 3.8) is 0 Å². The third-order valence-electron chi connectivity index (χ3n) is 2.56. The van der Waals surface area contributed by atoms with Gasteiger partial charge < -0.3 is 20.5 Å². The van der Waals surface area contributed by atoms with Crippen LogP contribution in [0, 0.1) is 5.82 Å². The lowest BCUT2D eigenvalue weighted by Crippen LogP contribution is -2.38. The summed E-state index contributed by atoms with van der Waals surface area (Å²) in [4.78, 5) is 4.05. The molecule has 0 saturated heterocycles. The van der Waals surface area contributed by atoms with Crippen molar-refractivity contribution in [1.29, 1.82) is 0 Å². The van der Waals surface area contributed by atoms with Crippen LogP contribution in [-0.2, 0) is 17.9 Å². The summed E-state index contributed by atoms with van der Waals surface area (Å²) < 4.78 is 18.1. The summed E-state index contributed by atoms with van der Waals surface area (Å²) in [7, 11) is 3.30. The Bertz CT molecular complexity index is 424. The molecule has 0 aliphatic rings. The van der Waals surface area contributed by atoms with E-state index in [9.17, 15) is 4.39 Å². The molecule has 106 valence electrons. The monoisotopic (exact) mass is 269 g/mol. The van der Waals surface area contributed by atoms with Gasteiger partial charge in [0.25, 0.3) is 0 Å². The zero-order valence-electron chi connectivity index (χ0n) is 11.2. The second kappa shape index (κ2) is 8.44. The second-order valence-electron chi connectivity index (χ2n) is 3.93. The van der Waals surface area contributed by atoms with Gasteiger partial charge in [-0.05, 0) is 17.7 Å². The number of aliphatic imine (C=N–C) groups is 1. The number of nitrogens with one attached hydrogen (secondary N) is 2. The molecule has 0 aromatic heterocycles. The van der Waals surface area contributed by atoms with Crippen LogP contribution in [0.2, 0.25) is 0 Å². The van der Waals surface area contributed by atoms with E-state index in [1.807, 2.05) is 0 Å². The fraction of sp³-hybridized carbons (Fsp3) is 0.462. The van der Waals surface area contributed by atoms with Crippen LogP contribution in [0.1, 0.15) is 11.1 Å². The first-order valence-electron chi connectivity index (χ1n) is 6.03. The van der Waals surface area contributed by atoms with E-state index in [1.54, 1.807) is 26.3 Å². The number of hydrogen-bond acceptors (Lipinski definition) is 3. The number of aliphatic hydroxyl groups excluding tert-OH is 1. The maximum absolute atomic E-state index is 13.2. The van der Waals surface area contributed by atoms with Crippen molar-refractivity contribution < 1.29 is 14.2 Å². The summed E-state index contributed by atoms with van der Waals surface area (Å²) in [5, 5.41) is 15.2. The summed E-state index contributed by atoms with van der Waals surface area (Å²) >= 11 is 0. The number of aliphatic hydroxyl groups is 1. The van der Waals surface area contributed by atoms with Gasteiger partial charge in [0.05, 0.1) is 13.2 Å². The van der Waals surface area contributed by atoms with E-state index in [4.69, 9.17) is 9.84 Å². The molecule has 0 spiro atoms. The van der Waals surface area contributed by atoms with Crippen LogP contribution < -0.4 is 10.6 Å². The largest absolute Gasteiger partial charge is 0.392 e. The molecule has 0 saturated carbocycles. The molecule has 3 N–H and O–H groups in total. The number of methoxy groups -OCH3 is 1. The molecule has 0 aliphatic heterocycles. The number of benzene rings is 1. The molecule has 19 heavy (non-hydrogen) atoms. The first-order chi connectivity index (χ1) is 9.21. The molecule has 0 atom stereocenters. The van der Waals surface area contributed by atoms with Crippen LogP contribution in [0.15, 0.2) is 23.2 Å². The average Bonchev–Trinajstić information content (AvgIpc) is 2.44. The minimum absolute atomic E-state index is 0.293. The zero-order valence-corrected chi connectivity index (χ0v) is 11.2. The number of nitrogens with zero attached hydrogens (tertiary/aromatic N) is 1. The van der Waals surface area contributed by atoms with Crippen molar-refractivity contribution in [2.45, 2.75) is 13.2 Å². The molecule has 0 unspecified atom stereocenters.